The quantitative estimate of drug-likeness (QED) is 0.695. The third-order valence-corrected chi connectivity index (χ3v) is 4.41. The van der Waals surface area contributed by atoms with E-state index in [0.717, 1.165) is 45.3 Å². The highest BCUT2D eigenvalue weighted by Crippen LogP contribution is 2.29. The van der Waals surface area contributed by atoms with Crippen molar-refractivity contribution < 1.29 is 9.45 Å². The monoisotopic (exact) mass is 357 g/mol. The lowest BCUT2D eigenvalue weighted by Gasteiger charge is -2.22. The van der Waals surface area contributed by atoms with Gasteiger partial charge in [0.2, 0.25) is 0 Å². The van der Waals surface area contributed by atoms with Crippen LogP contribution in [0.15, 0.2) is 30.3 Å². The highest BCUT2D eigenvalue weighted by Gasteiger charge is 2.33. The molecule has 128 valence electrons. The third kappa shape index (κ3) is 6.74. The van der Waals surface area contributed by atoms with Gasteiger partial charge < -0.3 is 4.65 Å². The van der Waals surface area contributed by atoms with Crippen molar-refractivity contribution in [2.45, 2.75) is 39.2 Å². The second kappa shape index (κ2) is 11.8. The first-order valence-corrected chi connectivity index (χ1v) is 7.91. The topological polar surface area (TPSA) is 29.5 Å². The average molecular weight is 358 g/mol. The fourth-order valence-corrected chi connectivity index (χ4v) is 3.23. The Labute approximate surface area is 153 Å². The van der Waals surface area contributed by atoms with Crippen LogP contribution in [0.25, 0.3) is 0 Å². The van der Waals surface area contributed by atoms with Crippen LogP contribution in [0, 0.1) is 11.8 Å². The molecule has 1 aliphatic rings. The summed E-state index contributed by atoms with van der Waals surface area (Å²) >= 11 is 0. The zero-order valence-corrected chi connectivity index (χ0v) is 15.3. The molecule has 2 atom stereocenters. The molecule has 0 spiro atoms. The van der Waals surface area contributed by atoms with E-state index in [2.05, 4.69) is 40.7 Å². The molecule has 0 amide bonds. The molecule has 0 N–H and O–H groups in total. The summed E-state index contributed by atoms with van der Waals surface area (Å²) in [6.07, 6.45) is 4.08. The van der Waals surface area contributed by atoms with Crippen molar-refractivity contribution in [3.63, 3.8) is 0 Å². The number of rotatable bonds is 7. The Hall–Kier alpha value is -0.705. The largest absolute Gasteiger partial charge is 0.543 e. The number of likely N-dealkylation sites (tertiary alicyclic amines) is 1. The van der Waals surface area contributed by atoms with E-state index in [4.69, 9.17) is 8.05 Å². The Bertz CT molecular complexity index is 447. The second-order valence-corrected chi connectivity index (χ2v) is 5.96. The van der Waals surface area contributed by atoms with Gasteiger partial charge in [0.25, 0.3) is 5.97 Å². The lowest BCUT2D eigenvalue weighted by molar-refractivity contribution is -0.140. The van der Waals surface area contributed by atoms with Gasteiger partial charge in [-0.1, -0.05) is 50.1 Å². The molecule has 1 fully saturated rings. The van der Waals surface area contributed by atoms with Crippen molar-refractivity contribution in [2.75, 3.05) is 13.1 Å². The number of halogens is 2. The van der Waals surface area contributed by atoms with Gasteiger partial charge in [0.15, 0.2) is 0 Å². The fraction of sp³-hybridized carbons (Fsp3) is 0.588. The molecule has 2 radical (unpaired) electrons. The minimum absolute atomic E-state index is 0. The van der Waals surface area contributed by atoms with Crippen LogP contribution in [-0.4, -0.2) is 32.0 Å². The summed E-state index contributed by atoms with van der Waals surface area (Å²) in [6.45, 7) is 5.09. The third-order valence-electron chi connectivity index (χ3n) is 4.41. The normalized spacial score (nSPS) is 18.6. The molecule has 0 aliphatic carbocycles. The van der Waals surface area contributed by atoms with Gasteiger partial charge in [-0.05, 0) is 30.9 Å². The highest BCUT2D eigenvalue weighted by atomic mass is 35.5. The number of hydrogen-bond donors (Lipinski definition) is 0. The van der Waals surface area contributed by atoms with Gasteiger partial charge >= 0.3 is 8.05 Å². The first-order valence-electron chi connectivity index (χ1n) is 7.91. The summed E-state index contributed by atoms with van der Waals surface area (Å²) in [6, 6.07) is 10.5. The smallest absolute Gasteiger partial charge is 0.378 e. The van der Waals surface area contributed by atoms with Crippen LogP contribution < -0.4 is 0 Å². The molecule has 1 aliphatic heterocycles. The van der Waals surface area contributed by atoms with Crippen LogP contribution in [0.3, 0.4) is 0 Å². The van der Waals surface area contributed by atoms with Crippen molar-refractivity contribution in [3.8, 4) is 0 Å². The van der Waals surface area contributed by atoms with Crippen LogP contribution in [-0.2, 0) is 16.0 Å². The molecule has 0 aromatic heterocycles. The van der Waals surface area contributed by atoms with Crippen molar-refractivity contribution in [1.29, 1.82) is 0 Å². The van der Waals surface area contributed by atoms with Crippen molar-refractivity contribution in [1.82, 2.24) is 4.90 Å². The predicted molar refractivity (Wildman–Crippen MR) is 99.2 cm³/mol. The van der Waals surface area contributed by atoms with Crippen molar-refractivity contribution in [2.24, 2.45) is 11.8 Å². The summed E-state index contributed by atoms with van der Waals surface area (Å²) in [5.41, 5.74) is 1.32. The molecule has 0 bridgehead atoms. The zero-order chi connectivity index (χ0) is 15.1. The molecule has 0 saturated carbocycles. The van der Waals surface area contributed by atoms with E-state index in [1.54, 1.807) is 0 Å². The van der Waals surface area contributed by atoms with Crippen molar-refractivity contribution in [3.05, 3.63) is 35.9 Å². The summed E-state index contributed by atoms with van der Waals surface area (Å²) in [5, 5.41) is 0. The standard InChI is InChI=1S/C17H24BNO2.2ClH/c1-2-3-9-16(17(20)21-18)15-10-11-19(13-15)12-14-7-5-4-6-8-14;;/h4-8,15-16H,2-3,9-13H2,1H3;2*1H/t15-,16?;;/m1../s1. The minimum atomic E-state index is -0.241. The Kier molecular flexibility index (Phi) is 11.4. The molecular weight excluding hydrogens is 332 g/mol. The van der Waals surface area contributed by atoms with Gasteiger partial charge in [-0.25, -0.2) is 0 Å². The second-order valence-electron chi connectivity index (χ2n) is 5.96. The Morgan fingerprint density at radius 3 is 2.65 bits per heavy atom. The predicted octanol–water partition coefficient (Wildman–Crippen LogP) is 3.79. The number of unbranched alkanes of at least 4 members (excludes halogenated alkanes) is 1. The fourth-order valence-electron chi connectivity index (χ4n) is 3.23. The van der Waals surface area contributed by atoms with Crippen LogP contribution in [0.2, 0.25) is 0 Å². The number of carbonyl (C=O) groups is 1. The van der Waals surface area contributed by atoms with E-state index >= 15 is 0 Å². The lowest BCUT2D eigenvalue weighted by Crippen LogP contribution is -2.28. The molecule has 1 heterocycles. The van der Waals surface area contributed by atoms with Crippen LogP contribution in [0.4, 0.5) is 0 Å². The summed E-state index contributed by atoms with van der Waals surface area (Å²) in [5.74, 6) is 0.0852. The first-order chi connectivity index (χ1) is 10.2. The van der Waals surface area contributed by atoms with Crippen LogP contribution in [0.5, 0.6) is 0 Å². The molecule has 2 rings (SSSR count). The number of nitrogens with zero attached hydrogens (tertiary/aromatic N) is 1. The lowest BCUT2D eigenvalue weighted by atomic mass is 9.87. The maximum atomic E-state index is 11.9. The maximum absolute atomic E-state index is 11.9. The Balaban J connectivity index is 0.00000242. The number of carbonyl (C=O) groups excluding carboxylic acids is 1. The summed E-state index contributed by atoms with van der Waals surface area (Å²) in [7, 11) is 5.11. The minimum Gasteiger partial charge on any atom is -0.543 e. The maximum Gasteiger partial charge on any atom is 0.378 e. The molecule has 1 aromatic rings. The summed E-state index contributed by atoms with van der Waals surface area (Å²) in [4.78, 5) is 14.3. The number of hydrogen-bond acceptors (Lipinski definition) is 3. The van der Waals surface area contributed by atoms with E-state index < -0.39 is 0 Å². The van der Waals surface area contributed by atoms with Gasteiger partial charge in [0.1, 0.15) is 0 Å². The molecular formula is C17H26BCl2NO2. The van der Waals surface area contributed by atoms with E-state index in [1.807, 2.05) is 6.07 Å². The van der Waals surface area contributed by atoms with Gasteiger partial charge in [0, 0.05) is 13.1 Å². The highest BCUT2D eigenvalue weighted by molar-refractivity contribution is 6.05. The van der Waals surface area contributed by atoms with E-state index in [9.17, 15) is 4.79 Å². The van der Waals surface area contributed by atoms with Crippen molar-refractivity contribution >= 4 is 38.8 Å². The van der Waals surface area contributed by atoms with E-state index in [-0.39, 0.29) is 36.7 Å². The van der Waals surface area contributed by atoms with Crippen LogP contribution >= 0.6 is 24.8 Å². The Morgan fingerprint density at radius 2 is 2.04 bits per heavy atom. The average Bonchev–Trinajstić information content (AvgIpc) is 2.96. The molecule has 1 unspecified atom stereocenters. The van der Waals surface area contributed by atoms with E-state index in [1.165, 1.54) is 5.56 Å². The Morgan fingerprint density at radius 1 is 1.35 bits per heavy atom. The van der Waals surface area contributed by atoms with Gasteiger partial charge in [-0.2, -0.15) is 0 Å². The van der Waals surface area contributed by atoms with Gasteiger partial charge in [-0.3, -0.25) is 9.69 Å². The zero-order valence-electron chi connectivity index (χ0n) is 13.6. The first kappa shape index (κ1) is 22.3. The van der Waals surface area contributed by atoms with Gasteiger partial charge in [0.05, 0.1) is 5.92 Å². The molecule has 1 saturated heterocycles. The SMILES string of the molecule is Cl.Cl.[B]OC(=O)C(CCCC)[C@@H]1CCN(Cc2ccccc2)C1. The molecule has 3 nitrogen and oxygen atoms in total. The summed E-state index contributed by atoms with van der Waals surface area (Å²) < 4.78 is 4.52. The molecule has 6 heteroatoms. The van der Waals surface area contributed by atoms with Gasteiger partial charge in [-0.15, -0.1) is 24.8 Å². The van der Waals surface area contributed by atoms with Crippen LogP contribution in [0.1, 0.15) is 38.2 Å². The molecule has 23 heavy (non-hydrogen) atoms. The van der Waals surface area contributed by atoms with E-state index in [0.29, 0.717) is 5.92 Å². The number of benzene rings is 1. The molecule has 1 aromatic carbocycles.